The van der Waals surface area contributed by atoms with E-state index in [-0.39, 0.29) is 6.54 Å². The van der Waals surface area contributed by atoms with Gasteiger partial charge in [-0.15, -0.1) is 0 Å². The Morgan fingerprint density at radius 3 is 2.00 bits per heavy atom. The summed E-state index contributed by atoms with van der Waals surface area (Å²) in [6.07, 6.45) is 1.50. The fourth-order valence-corrected chi connectivity index (χ4v) is 1.94. The van der Waals surface area contributed by atoms with Gasteiger partial charge in [-0.2, -0.15) is 8.42 Å². The van der Waals surface area contributed by atoms with Crippen molar-refractivity contribution in [3.8, 4) is 0 Å². The molecule has 0 aliphatic heterocycles. The number of hydrogen-bond donors (Lipinski definition) is 3. The Morgan fingerprint density at radius 1 is 1.14 bits per heavy atom. The summed E-state index contributed by atoms with van der Waals surface area (Å²) in [5.74, 6) is 0. The van der Waals surface area contributed by atoms with Crippen LogP contribution in [0, 0.1) is 0 Å². The van der Waals surface area contributed by atoms with Gasteiger partial charge in [0.05, 0.1) is 0 Å². The molecule has 0 rings (SSSR count). The molecule has 0 saturated heterocycles. The molecule has 0 aromatic carbocycles. The van der Waals surface area contributed by atoms with Crippen molar-refractivity contribution in [1.82, 2.24) is 9.44 Å². The zero-order chi connectivity index (χ0) is 11.2. The third kappa shape index (κ3) is 4.90. The lowest BCUT2D eigenvalue weighted by Crippen LogP contribution is -2.51. The molecular formula is C8H21N3O2S. The molecule has 0 aromatic heterocycles. The van der Waals surface area contributed by atoms with E-state index in [1.54, 1.807) is 6.92 Å². The monoisotopic (exact) mass is 223 g/mol. The maximum absolute atomic E-state index is 11.2. The largest absolute Gasteiger partial charge is 0.324 e. The van der Waals surface area contributed by atoms with Crippen molar-refractivity contribution in [2.75, 3.05) is 13.1 Å². The Morgan fingerprint density at radius 2 is 1.64 bits per heavy atom. The van der Waals surface area contributed by atoms with Crippen LogP contribution in [0.4, 0.5) is 0 Å². The van der Waals surface area contributed by atoms with Crippen LogP contribution in [0.1, 0.15) is 33.6 Å². The molecule has 14 heavy (non-hydrogen) atoms. The van der Waals surface area contributed by atoms with Gasteiger partial charge in [0.1, 0.15) is 0 Å². The van der Waals surface area contributed by atoms with Crippen molar-refractivity contribution in [3.05, 3.63) is 0 Å². The molecule has 6 heteroatoms. The van der Waals surface area contributed by atoms with Crippen LogP contribution in [0.3, 0.4) is 0 Å². The molecule has 86 valence electrons. The Balaban J connectivity index is 4.16. The lowest BCUT2D eigenvalue weighted by atomic mass is 9.95. The number of nitrogens with one attached hydrogen (secondary N) is 2. The Kier molecular flexibility index (Phi) is 5.58. The molecule has 0 amide bonds. The Labute approximate surface area is 86.6 Å². The standard InChI is InChI=1S/C8H21N3O2S/c1-4-8(9,5-2)7-11-14(12,13)10-6-3/h10-11H,4-7,9H2,1-3H3. The van der Waals surface area contributed by atoms with Gasteiger partial charge in [0.15, 0.2) is 0 Å². The first-order valence-electron chi connectivity index (χ1n) is 4.92. The zero-order valence-electron chi connectivity index (χ0n) is 9.13. The van der Waals surface area contributed by atoms with E-state index in [1.807, 2.05) is 13.8 Å². The number of rotatable bonds is 7. The molecule has 0 saturated carbocycles. The quantitative estimate of drug-likeness (QED) is 0.565. The summed E-state index contributed by atoms with van der Waals surface area (Å²) in [7, 11) is -3.37. The van der Waals surface area contributed by atoms with Gasteiger partial charge in [-0.3, -0.25) is 0 Å². The molecule has 4 N–H and O–H groups in total. The van der Waals surface area contributed by atoms with Crippen molar-refractivity contribution in [2.24, 2.45) is 5.73 Å². The molecule has 0 spiro atoms. The van der Waals surface area contributed by atoms with Gasteiger partial charge >= 0.3 is 0 Å². The van der Waals surface area contributed by atoms with Crippen LogP contribution in [0.25, 0.3) is 0 Å². The molecule has 0 fully saturated rings. The van der Waals surface area contributed by atoms with Crippen LogP contribution >= 0.6 is 0 Å². The van der Waals surface area contributed by atoms with E-state index in [0.717, 1.165) is 12.8 Å². The minimum absolute atomic E-state index is 0.273. The van der Waals surface area contributed by atoms with E-state index in [1.165, 1.54) is 0 Å². The highest BCUT2D eigenvalue weighted by Gasteiger charge is 2.22. The van der Waals surface area contributed by atoms with Crippen LogP contribution in [-0.4, -0.2) is 27.0 Å². The predicted octanol–water partition coefficient (Wildman–Crippen LogP) is -0.0522. The molecular weight excluding hydrogens is 202 g/mol. The molecule has 0 aliphatic rings. The average molecular weight is 223 g/mol. The number of hydrogen-bond acceptors (Lipinski definition) is 3. The van der Waals surface area contributed by atoms with Gasteiger partial charge in [-0.1, -0.05) is 20.8 Å². The lowest BCUT2D eigenvalue weighted by Gasteiger charge is -2.26. The lowest BCUT2D eigenvalue weighted by molar-refractivity contribution is 0.391. The van der Waals surface area contributed by atoms with Gasteiger partial charge in [-0.05, 0) is 12.8 Å². The second kappa shape index (κ2) is 5.65. The van der Waals surface area contributed by atoms with Crippen LogP contribution in [0.15, 0.2) is 0 Å². The van der Waals surface area contributed by atoms with E-state index in [0.29, 0.717) is 6.54 Å². The van der Waals surface area contributed by atoms with Crippen molar-refractivity contribution in [3.63, 3.8) is 0 Å². The average Bonchev–Trinajstić information content (AvgIpc) is 2.14. The van der Waals surface area contributed by atoms with E-state index in [2.05, 4.69) is 9.44 Å². The van der Waals surface area contributed by atoms with Gasteiger partial charge in [0.2, 0.25) is 0 Å². The third-order valence-corrected chi connectivity index (χ3v) is 3.55. The summed E-state index contributed by atoms with van der Waals surface area (Å²) in [5.41, 5.74) is 5.50. The van der Waals surface area contributed by atoms with Crippen molar-refractivity contribution in [1.29, 1.82) is 0 Å². The van der Waals surface area contributed by atoms with Crippen molar-refractivity contribution >= 4 is 10.2 Å². The minimum atomic E-state index is -3.37. The zero-order valence-corrected chi connectivity index (χ0v) is 9.95. The molecule has 5 nitrogen and oxygen atoms in total. The third-order valence-electron chi connectivity index (χ3n) is 2.36. The fraction of sp³-hybridized carbons (Fsp3) is 1.00. The summed E-state index contributed by atoms with van der Waals surface area (Å²) in [5, 5.41) is 0. The first-order valence-corrected chi connectivity index (χ1v) is 6.40. The van der Waals surface area contributed by atoms with Crippen LogP contribution < -0.4 is 15.2 Å². The molecule has 0 unspecified atom stereocenters. The summed E-state index contributed by atoms with van der Waals surface area (Å²) in [6.45, 7) is 6.28. The van der Waals surface area contributed by atoms with E-state index >= 15 is 0 Å². The topological polar surface area (TPSA) is 84.2 Å². The van der Waals surface area contributed by atoms with Gasteiger partial charge in [0.25, 0.3) is 10.2 Å². The predicted molar refractivity (Wildman–Crippen MR) is 58.1 cm³/mol. The van der Waals surface area contributed by atoms with E-state index in [9.17, 15) is 8.42 Å². The van der Waals surface area contributed by atoms with E-state index in [4.69, 9.17) is 5.73 Å². The SMILES string of the molecule is CCNS(=O)(=O)NCC(N)(CC)CC. The highest BCUT2D eigenvalue weighted by molar-refractivity contribution is 7.87. The highest BCUT2D eigenvalue weighted by Crippen LogP contribution is 2.09. The molecule has 0 heterocycles. The van der Waals surface area contributed by atoms with Gasteiger partial charge in [-0.25, -0.2) is 9.44 Å². The molecule has 0 atom stereocenters. The highest BCUT2D eigenvalue weighted by atomic mass is 32.2. The minimum Gasteiger partial charge on any atom is -0.324 e. The smallest absolute Gasteiger partial charge is 0.276 e. The molecule has 0 aromatic rings. The van der Waals surface area contributed by atoms with Gasteiger partial charge in [0, 0.05) is 18.6 Å². The molecule has 0 aliphatic carbocycles. The molecule has 0 radical (unpaired) electrons. The summed E-state index contributed by atoms with van der Waals surface area (Å²) >= 11 is 0. The summed E-state index contributed by atoms with van der Waals surface area (Å²) < 4.78 is 27.2. The first kappa shape index (κ1) is 13.8. The second-order valence-electron chi connectivity index (χ2n) is 3.39. The number of nitrogens with two attached hydrogens (primary N) is 1. The summed E-state index contributed by atoms with van der Waals surface area (Å²) in [4.78, 5) is 0. The maximum Gasteiger partial charge on any atom is 0.276 e. The van der Waals surface area contributed by atoms with Crippen LogP contribution in [0.5, 0.6) is 0 Å². The van der Waals surface area contributed by atoms with Crippen LogP contribution in [0.2, 0.25) is 0 Å². The summed E-state index contributed by atoms with van der Waals surface area (Å²) in [6, 6.07) is 0. The van der Waals surface area contributed by atoms with E-state index < -0.39 is 15.7 Å². The van der Waals surface area contributed by atoms with Crippen LogP contribution in [-0.2, 0) is 10.2 Å². The Hall–Kier alpha value is -0.170. The maximum atomic E-state index is 11.2. The second-order valence-corrected chi connectivity index (χ2v) is 4.98. The normalized spacial score (nSPS) is 13.1. The Bertz CT molecular complexity index is 247. The van der Waals surface area contributed by atoms with Crippen molar-refractivity contribution in [2.45, 2.75) is 39.2 Å². The fourth-order valence-electron chi connectivity index (χ4n) is 0.980. The van der Waals surface area contributed by atoms with Crippen molar-refractivity contribution < 1.29 is 8.42 Å². The van der Waals surface area contributed by atoms with Gasteiger partial charge < -0.3 is 5.73 Å². The molecule has 0 bridgehead atoms. The first-order chi connectivity index (χ1) is 6.39.